The maximum Gasteiger partial charge on any atom is 0.237 e. The van der Waals surface area contributed by atoms with Gasteiger partial charge in [-0.3, -0.25) is 4.79 Å². The van der Waals surface area contributed by atoms with Gasteiger partial charge in [-0.1, -0.05) is 24.3 Å². The monoisotopic (exact) mass is 264 g/mol. The fraction of sp³-hybridized carbons (Fsp3) is 0.533. The lowest BCUT2D eigenvalue weighted by Crippen LogP contribution is -2.49. The molecule has 4 heteroatoms. The quantitative estimate of drug-likeness (QED) is 0.756. The average molecular weight is 264 g/mol. The van der Waals surface area contributed by atoms with Crippen molar-refractivity contribution < 1.29 is 9.90 Å². The Labute approximate surface area is 115 Å². The van der Waals surface area contributed by atoms with E-state index in [1.54, 1.807) is 0 Å². The van der Waals surface area contributed by atoms with Gasteiger partial charge >= 0.3 is 0 Å². The van der Waals surface area contributed by atoms with Crippen LogP contribution in [0.5, 0.6) is 0 Å². The molecule has 0 spiro atoms. The van der Waals surface area contributed by atoms with Crippen LogP contribution in [0.25, 0.3) is 0 Å². The minimum Gasteiger partial charge on any atom is -0.392 e. The van der Waals surface area contributed by atoms with E-state index in [2.05, 4.69) is 10.6 Å². The molecule has 106 valence electrons. The van der Waals surface area contributed by atoms with Crippen LogP contribution in [0, 0.1) is 0 Å². The van der Waals surface area contributed by atoms with Crippen LogP contribution in [0.4, 0.5) is 0 Å². The molecule has 4 nitrogen and oxygen atoms in total. The van der Waals surface area contributed by atoms with E-state index in [0.717, 1.165) is 11.1 Å². The van der Waals surface area contributed by atoms with Crippen LogP contribution in [0.15, 0.2) is 24.3 Å². The highest BCUT2D eigenvalue weighted by atomic mass is 16.3. The molecule has 0 aliphatic rings. The van der Waals surface area contributed by atoms with Crippen molar-refractivity contribution in [1.29, 1.82) is 0 Å². The molecule has 0 aliphatic carbocycles. The van der Waals surface area contributed by atoms with Crippen molar-refractivity contribution >= 4 is 5.91 Å². The number of nitrogens with one attached hydrogen (secondary N) is 2. The van der Waals surface area contributed by atoms with Gasteiger partial charge in [-0.15, -0.1) is 0 Å². The Morgan fingerprint density at radius 1 is 1.21 bits per heavy atom. The third-order valence-electron chi connectivity index (χ3n) is 2.71. The smallest absolute Gasteiger partial charge is 0.237 e. The molecule has 3 N–H and O–H groups in total. The number of carbonyl (C=O) groups is 1. The molecule has 0 heterocycles. The van der Waals surface area contributed by atoms with E-state index >= 15 is 0 Å². The summed E-state index contributed by atoms with van der Waals surface area (Å²) >= 11 is 0. The van der Waals surface area contributed by atoms with Crippen LogP contribution in [-0.2, 0) is 17.9 Å². The largest absolute Gasteiger partial charge is 0.392 e. The molecule has 0 aromatic heterocycles. The molecule has 0 aliphatic heterocycles. The maximum absolute atomic E-state index is 11.9. The molecule has 0 fully saturated rings. The van der Waals surface area contributed by atoms with Gasteiger partial charge in [-0.2, -0.15) is 0 Å². The van der Waals surface area contributed by atoms with E-state index in [1.807, 2.05) is 52.0 Å². The van der Waals surface area contributed by atoms with E-state index in [0.29, 0.717) is 6.54 Å². The highest BCUT2D eigenvalue weighted by Gasteiger charge is 2.18. The lowest BCUT2D eigenvalue weighted by Gasteiger charge is -2.23. The molecule has 1 amide bonds. The summed E-state index contributed by atoms with van der Waals surface area (Å²) in [5, 5.41) is 15.1. The molecule has 1 unspecified atom stereocenters. The molecule has 0 radical (unpaired) electrons. The third-order valence-corrected chi connectivity index (χ3v) is 2.71. The van der Waals surface area contributed by atoms with Gasteiger partial charge in [0.05, 0.1) is 12.6 Å². The number of aliphatic hydroxyl groups is 1. The van der Waals surface area contributed by atoms with Crippen molar-refractivity contribution in [1.82, 2.24) is 10.6 Å². The van der Waals surface area contributed by atoms with E-state index in [1.165, 1.54) is 0 Å². The second-order valence-corrected chi connectivity index (χ2v) is 5.82. The Morgan fingerprint density at radius 3 is 2.21 bits per heavy atom. The van der Waals surface area contributed by atoms with Gasteiger partial charge < -0.3 is 15.7 Å². The van der Waals surface area contributed by atoms with Gasteiger partial charge in [0.1, 0.15) is 0 Å². The van der Waals surface area contributed by atoms with Gasteiger partial charge in [0.2, 0.25) is 5.91 Å². The first-order valence-electron chi connectivity index (χ1n) is 6.56. The van der Waals surface area contributed by atoms with Crippen molar-refractivity contribution in [3.05, 3.63) is 35.4 Å². The second-order valence-electron chi connectivity index (χ2n) is 5.82. The Balaban J connectivity index is 2.44. The molecule has 0 bridgehead atoms. The normalized spacial score (nSPS) is 13.1. The Hall–Kier alpha value is -1.39. The molecular formula is C15H24N2O2. The fourth-order valence-corrected chi connectivity index (χ4v) is 1.60. The van der Waals surface area contributed by atoms with Crippen molar-refractivity contribution in [2.24, 2.45) is 0 Å². The summed E-state index contributed by atoms with van der Waals surface area (Å²) in [4.78, 5) is 11.9. The highest BCUT2D eigenvalue weighted by molar-refractivity contribution is 5.81. The van der Waals surface area contributed by atoms with Gasteiger partial charge in [-0.25, -0.2) is 0 Å². The van der Waals surface area contributed by atoms with Crippen molar-refractivity contribution in [2.75, 3.05) is 0 Å². The summed E-state index contributed by atoms with van der Waals surface area (Å²) in [7, 11) is 0. The zero-order valence-electron chi connectivity index (χ0n) is 12.2. The predicted molar refractivity (Wildman–Crippen MR) is 76.6 cm³/mol. The van der Waals surface area contributed by atoms with E-state index in [4.69, 9.17) is 5.11 Å². The zero-order chi connectivity index (χ0) is 14.5. The summed E-state index contributed by atoms with van der Waals surface area (Å²) in [5.74, 6) is -0.000483. The van der Waals surface area contributed by atoms with Crippen molar-refractivity contribution in [3.8, 4) is 0 Å². The first-order valence-corrected chi connectivity index (χ1v) is 6.56. The number of amides is 1. The Morgan fingerprint density at radius 2 is 1.74 bits per heavy atom. The second kappa shape index (κ2) is 6.68. The lowest BCUT2D eigenvalue weighted by molar-refractivity contribution is -0.124. The Kier molecular flexibility index (Phi) is 5.51. The molecule has 1 atom stereocenters. The van der Waals surface area contributed by atoms with Crippen LogP contribution in [0.2, 0.25) is 0 Å². The van der Waals surface area contributed by atoms with Crippen LogP contribution in [0.1, 0.15) is 38.8 Å². The third kappa shape index (κ3) is 5.85. The van der Waals surface area contributed by atoms with Gasteiger partial charge in [0.15, 0.2) is 0 Å². The topological polar surface area (TPSA) is 61.4 Å². The number of hydrogen-bond acceptors (Lipinski definition) is 3. The summed E-state index contributed by atoms with van der Waals surface area (Å²) < 4.78 is 0. The van der Waals surface area contributed by atoms with Gasteiger partial charge in [0.25, 0.3) is 0 Å². The molecule has 0 saturated carbocycles. The lowest BCUT2D eigenvalue weighted by atomic mass is 10.1. The summed E-state index contributed by atoms with van der Waals surface area (Å²) in [6.45, 7) is 8.42. The van der Waals surface area contributed by atoms with Crippen LogP contribution in [0.3, 0.4) is 0 Å². The Bertz CT molecular complexity index is 407. The molecule has 19 heavy (non-hydrogen) atoms. The average Bonchev–Trinajstić information content (AvgIpc) is 2.34. The van der Waals surface area contributed by atoms with Crippen LogP contribution in [-0.4, -0.2) is 22.6 Å². The SMILES string of the molecule is CC(NCc1ccc(CO)cc1)C(=O)NC(C)(C)C. The molecule has 0 saturated heterocycles. The van der Waals surface area contributed by atoms with E-state index in [9.17, 15) is 4.79 Å². The van der Waals surface area contributed by atoms with Gasteiger partial charge in [-0.05, 0) is 38.8 Å². The number of carbonyl (C=O) groups excluding carboxylic acids is 1. The standard InChI is InChI=1S/C15H24N2O2/c1-11(14(19)17-15(2,3)4)16-9-12-5-7-13(10-18)8-6-12/h5-8,11,16,18H,9-10H2,1-4H3,(H,17,19). The predicted octanol–water partition coefficient (Wildman–Crippen LogP) is 1.57. The molecule has 1 rings (SSSR count). The number of rotatable bonds is 5. The number of hydrogen-bond donors (Lipinski definition) is 3. The first-order chi connectivity index (χ1) is 8.81. The minimum atomic E-state index is -0.239. The highest BCUT2D eigenvalue weighted by Crippen LogP contribution is 2.05. The summed E-state index contributed by atoms with van der Waals surface area (Å²) in [6, 6.07) is 7.44. The van der Waals surface area contributed by atoms with Crippen molar-refractivity contribution in [2.45, 2.75) is 52.4 Å². The number of aliphatic hydroxyl groups excluding tert-OH is 1. The van der Waals surface area contributed by atoms with Crippen LogP contribution < -0.4 is 10.6 Å². The van der Waals surface area contributed by atoms with Gasteiger partial charge in [0, 0.05) is 12.1 Å². The van der Waals surface area contributed by atoms with Crippen LogP contribution >= 0.6 is 0 Å². The zero-order valence-corrected chi connectivity index (χ0v) is 12.2. The minimum absolute atomic E-state index is 0.000483. The van der Waals surface area contributed by atoms with E-state index < -0.39 is 0 Å². The molecule has 1 aromatic rings. The summed E-state index contributed by atoms with van der Waals surface area (Å²) in [5.41, 5.74) is 1.77. The van der Waals surface area contributed by atoms with E-state index in [-0.39, 0.29) is 24.1 Å². The maximum atomic E-state index is 11.9. The molecular weight excluding hydrogens is 240 g/mol. The first kappa shape index (κ1) is 15.7. The fourth-order valence-electron chi connectivity index (χ4n) is 1.60. The number of benzene rings is 1. The summed E-state index contributed by atoms with van der Waals surface area (Å²) in [6.07, 6.45) is 0. The molecule has 1 aromatic carbocycles. The van der Waals surface area contributed by atoms with Crippen molar-refractivity contribution in [3.63, 3.8) is 0 Å².